The average molecular weight is 195 g/mol. The number of phenolic OH excluding ortho intramolecular Hbond substituents is 1. The highest BCUT2D eigenvalue weighted by Crippen LogP contribution is 2.24. The summed E-state index contributed by atoms with van der Waals surface area (Å²) in [5, 5.41) is 18.2. The van der Waals surface area contributed by atoms with Gasteiger partial charge in [-0.25, -0.2) is 0 Å². The number of hydrogen-bond donors (Lipinski definition) is 3. The van der Waals surface area contributed by atoms with E-state index in [1.54, 1.807) is 6.07 Å². The fourth-order valence-electron chi connectivity index (χ4n) is 1.41. The van der Waals surface area contributed by atoms with Crippen LogP contribution in [0.4, 0.5) is 0 Å². The number of aliphatic hydroxyl groups is 1. The molecule has 1 rings (SSSR count). The van der Waals surface area contributed by atoms with Gasteiger partial charge in [0.2, 0.25) is 0 Å². The van der Waals surface area contributed by atoms with Gasteiger partial charge in [-0.15, -0.1) is 0 Å². The van der Waals surface area contributed by atoms with E-state index >= 15 is 0 Å². The maximum Gasteiger partial charge on any atom is 0.120 e. The molecule has 14 heavy (non-hydrogen) atoms. The minimum absolute atomic E-state index is 0.163. The first-order valence-electron chi connectivity index (χ1n) is 4.83. The molecule has 0 saturated carbocycles. The number of benzene rings is 1. The smallest absolute Gasteiger partial charge is 0.120 e. The molecule has 4 N–H and O–H groups in total. The fraction of sp³-hybridized carbons (Fsp3) is 0.455. The van der Waals surface area contributed by atoms with Crippen LogP contribution in [0, 0.1) is 0 Å². The Labute approximate surface area is 84.2 Å². The summed E-state index contributed by atoms with van der Waals surface area (Å²) in [6.45, 7) is 2.03. The molecule has 0 aliphatic rings. The zero-order valence-electron chi connectivity index (χ0n) is 8.40. The highest BCUT2D eigenvalue weighted by molar-refractivity contribution is 5.38. The van der Waals surface area contributed by atoms with Gasteiger partial charge in [0.1, 0.15) is 5.75 Å². The summed E-state index contributed by atoms with van der Waals surface area (Å²) >= 11 is 0. The van der Waals surface area contributed by atoms with Crippen molar-refractivity contribution in [2.75, 3.05) is 6.61 Å². The third-order valence-electron chi connectivity index (χ3n) is 2.21. The van der Waals surface area contributed by atoms with Crippen molar-refractivity contribution in [2.45, 2.75) is 25.8 Å². The van der Waals surface area contributed by atoms with E-state index < -0.39 is 0 Å². The Balaban J connectivity index is 2.83. The molecular formula is C11H17NO2. The van der Waals surface area contributed by atoms with Gasteiger partial charge in [0.25, 0.3) is 0 Å². The van der Waals surface area contributed by atoms with Gasteiger partial charge < -0.3 is 15.9 Å². The second-order valence-electron chi connectivity index (χ2n) is 3.51. The van der Waals surface area contributed by atoms with E-state index in [9.17, 15) is 5.11 Å². The second-order valence-corrected chi connectivity index (χ2v) is 3.51. The molecule has 0 heterocycles. The maximum absolute atomic E-state index is 9.50. The number of aryl methyl sites for hydroxylation is 1. The number of phenols is 1. The summed E-state index contributed by atoms with van der Waals surface area (Å²) in [5.41, 5.74) is 7.57. The van der Waals surface area contributed by atoms with Crippen molar-refractivity contribution >= 4 is 0 Å². The van der Waals surface area contributed by atoms with Crippen molar-refractivity contribution in [3.8, 4) is 5.75 Å². The lowest BCUT2D eigenvalue weighted by Crippen LogP contribution is -2.05. The summed E-state index contributed by atoms with van der Waals surface area (Å²) in [4.78, 5) is 0. The van der Waals surface area contributed by atoms with E-state index in [1.807, 2.05) is 19.1 Å². The Morgan fingerprint density at radius 1 is 1.43 bits per heavy atom. The summed E-state index contributed by atoms with van der Waals surface area (Å²) in [5.74, 6) is 0.243. The molecule has 1 aromatic carbocycles. The third kappa shape index (κ3) is 2.72. The normalized spacial score (nSPS) is 12.8. The van der Waals surface area contributed by atoms with Gasteiger partial charge in [-0.05, 0) is 31.4 Å². The number of hydrogen-bond acceptors (Lipinski definition) is 3. The van der Waals surface area contributed by atoms with Crippen molar-refractivity contribution in [3.63, 3.8) is 0 Å². The van der Waals surface area contributed by atoms with Crippen LogP contribution >= 0.6 is 0 Å². The average Bonchev–Trinajstić information content (AvgIpc) is 2.16. The van der Waals surface area contributed by atoms with Gasteiger partial charge in [-0.3, -0.25) is 0 Å². The molecule has 0 aromatic heterocycles. The van der Waals surface area contributed by atoms with Crippen LogP contribution in [0.5, 0.6) is 5.75 Å². The molecule has 3 nitrogen and oxygen atoms in total. The minimum atomic E-state index is -0.163. The molecule has 3 heteroatoms. The maximum atomic E-state index is 9.50. The van der Waals surface area contributed by atoms with Crippen molar-refractivity contribution in [1.82, 2.24) is 0 Å². The first-order chi connectivity index (χ1) is 6.65. The molecule has 0 unspecified atom stereocenters. The molecule has 0 amide bonds. The molecule has 0 aliphatic carbocycles. The monoisotopic (exact) mass is 195 g/mol. The van der Waals surface area contributed by atoms with Crippen molar-refractivity contribution in [3.05, 3.63) is 29.3 Å². The highest BCUT2D eigenvalue weighted by atomic mass is 16.3. The molecule has 0 saturated heterocycles. The van der Waals surface area contributed by atoms with Gasteiger partial charge in [-0.1, -0.05) is 12.1 Å². The van der Waals surface area contributed by atoms with E-state index in [0.717, 1.165) is 24.0 Å². The molecule has 1 aromatic rings. The van der Waals surface area contributed by atoms with E-state index in [1.165, 1.54) is 0 Å². The van der Waals surface area contributed by atoms with Crippen LogP contribution in [0.15, 0.2) is 18.2 Å². The summed E-state index contributed by atoms with van der Waals surface area (Å²) in [6.07, 6.45) is 1.56. The van der Waals surface area contributed by atoms with Gasteiger partial charge in [0.15, 0.2) is 0 Å². The van der Waals surface area contributed by atoms with Gasteiger partial charge >= 0.3 is 0 Å². The fourth-order valence-corrected chi connectivity index (χ4v) is 1.41. The van der Waals surface area contributed by atoms with Crippen LogP contribution in [0.3, 0.4) is 0 Å². The molecular weight excluding hydrogens is 178 g/mol. The molecule has 1 atom stereocenters. The summed E-state index contributed by atoms with van der Waals surface area (Å²) < 4.78 is 0. The van der Waals surface area contributed by atoms with E-state index in [-0.39, 0.29) is 18.4 Å². The zero-order chi connectivity index (χ0) is 10.6. The molecule has 0 radical (unpaired) electrons. The van der Waals surface area contributed by atoms with Crippen molar-refractivity contribution in [1.29, 1.82) is 0 Å². The second kappa shape index (κ2) is 4.98. The van der Waals surface area contributed by atoms with Crippen LogP contribution in [0.2, 0.25) is 0 Å². The van der Waals surface area contributed by atoms with Crippen LogP contribution in [-0.2, 0) is 6.42 Å². The zero-order valence-corrected chi connectivity index (χ0v) is 8.40. The Hall–Kier alpha value is -1.06. The molecule has 0 spiro atoms. The number of aromatic hydroxyl groups is 1. The number of aliphatic hydroxyl groups excluding tert-OH is 1. The Kier molecular flexibility index (Phi) is 3.92. The quantitative estimate of drug-likeness (QED) is 0.679. The van der Waals surface area contributed by atoms with Crippen molar-refractivity contribution < 1.29 is 10.2 Å². The minimum Gasteiger partial charge on any atom is -0.508 e. The topological polar surface area (TPSA) is 66.5 Å². The molecule has 0 aliphatic heterocycles. The first kappa shape index (κ1) is 11.0. The van der Waals surface area contributed by atoms with Gasteiger partial charge in [0.05, 0.1) is 0 Å². The third-order valence-corrected chi connectivity index (χ3v) is 2.21. The number of nitrogens with two attached hydrogens (primary N) is 1. The molecule has 0 fully saturated rings. The summed E-state index contributed by atoms with van der Waals surface area (Å²) in [6, 6.07) is 5.25. The van der Waals surface area contributed by atoms with Crippen LogP contribution in [-0.4, -0.2) is 16.8 Å². The van der Waals surface area contributed by atoms with Gasteiger partial charge in [0, 0.05) is 18.2 Å². The standard InChI is InChI=1S/C11H17NO2/c1-8(12)10-7-9(3-2-6-13)4-5-11(10)14/h4-5,7-8,13-14H,2-3,6,12H2,1H3/t8-/m1/s1. The van der Waals surface area contributed by atoms with Gasteiger partial charge in [-0.2, -0.15) is 0 Å². The lowest BCUT2D eigenvalue weighted by molar-refractivity contribution is 0.288. The Morgan fingerprint density at radius 3 is 2.71 bits per heavy atom. The molecule has 0 bridgehead atoms. The van der Waals surface area contributed by atoms with Crippen LogP contribution in [0.1, 0.15) is 30.5 Å². The van der Waals surface area contributed by atoms with E-state index in [2.05, 4.69) is 0 Å². The Morgan fingerprint density at radius 2 is 2.14 bits per heavy atom. The van der Waals surface area contributed by atoms with E-state index in [0.29, 0.717) is 0 Å². The first-order valence-corrected chi connectivity index (χ1v) is 4.83. The largest absolute Gasteiger partial charge is 0.508 e. The summed E-state index contributed by atoms with van der Waals surface area (Å²) in [7, 11) is 0. The number of rotatable bonds is 4. The molecule has 78 valence electrons. The lowest BCUT2D eigenvalue weighted by atomic mass is 10.0. The van der Waals surface area contributed by atoms with E-state index in [4.69, 9.17) is 10.8 Å². The van der Waals surface area contributed by atoms with Crippen LogP contribution in [0.25, 0.3) is 0 Å². The predicted molar refractivity (Wildman–Crippen MR) is 56.1 cm³/mol. The Bertz CT molecular complexity index is 297. The highest BCUT2D eigenvalue weighted by Gasteiger charge is 2.06. The lowest BCUT2D eigenvalue weighted by Gasteiger charge is -2.10. The SMILES string of the molecule is C[C@@H](N)c1cc(CCCO)ccc1O. The van der Waals surface area contributed by atoms with Crippen molar-refractivity contribution in [2.24, 2.45) is 5.73 Å². The van der Waals surface area contributed by atoms with Crippen LogP contribution < -0.4 is 5.73 Å². The predicted octanol–water partition coefficient (Wildman–Crippen LogP) is 1.34.